The summed E-state index contributed by atoms with van der Waals surface area (Å²) < 4.78 is 4.17. The topological polar surface area (TPSA) is 64.7 Å². The number of hydrogen-bond acceptors (Lipinski definition) is 3. The average Bonchev–Trinajstić information content (AvgIpc) is 3.41. The highest BCUT2D eigenvalue weighted by atomic mass is 16.2. The summed E-state index contributed by atoms with van der Waals surface area (Å²) in [5.41, 5.74) is 6.00. The van der Waals surface area contributed by atoms with E-state index in [-0.39, 0.29) is 5.91 Å². The van der Waals surface area contributed by atoms with Crippen LogP contribution in [0.15, 0.2) is 30.5 Å². The van der Waals surface area contributed by atoms with E-state index in [4.69, 9.17) is 0 Å². The second-order valence-corrected chi connectivity index (χ2v) is 7.86. The monoisotopic (exact) mass is 375 g/mol. The van der Waals surface area contributed by atoms with Crippen molar-refractivity contribution in [2.75, 3.05) is 0 Å². The van der Waals surface area contributed by atoms with E-state index in [2.05, 4.69) is 57.4 Å². The van der Waals surface area contributed by atoms with Crippen molar-refractivity contribution in [2.24, 2.45) is 0 Å². The Morgan fingerprint density at radius 1 is 1.11 bits per heavy atom. The first kappa shape index (κ1) is 17.2. The molecule has 2 aliphatic rings. The highest BCUT2D eigenvalue weighted by molar-refractivity contribution is 5.94. The van der Waals surface area contributed by atoms with E-state index in [1.807, 2.05) is 4.68 Å². The Morgan fingerprint density at radius 3 is 2.79 bits per heavy atom. The molecule has 2 aromatic heterocycles. The molecule has 144 valence electrons. The first-order valence-electron chi connectivity index (χ1n) is 10.2. The molecule has 0 saturated heterocycles. The van der Waals surface area contributed by atoms with Crippen molar-refractivity contribution in [3.8, 4) is 5.69 Å². The lowest BCUT2D eigenvalue weighted by molar-refractivity contribution is 0.0944. The Balaban J connectivity index is 1.37. The Bertz CT molecular complexity index is 1000. The summed E-state index contributed by atoms with van der Waals surface area (Å²) >= 11 is 0. The van der Waals surface area contributed by atoms with Gasteiger partial charge in [-0.1, -0.05) is 17.7 Å². The Morgan fingerprint density at radius 2 is 1.96 bits per heavy atom. The van der Waals surface area contributed by atoms with Crippen molar-refractivity contribution >= 4 is 5.91 Å². The molecule has 0 bridgehead atoms. The third-order valence-corrected chi connectivity index (χ3v) is 5.81. The molecule has 0 saturated carbocycles. The van der Waals surface area contributed by atoms with Gasteiger partial charge in [-0.25, -0.2) is 9.67 Å². The van der Waals surface area contributed by atoms with Gasteiger partial charge in [-0.2, -0.15) is 5.10 Å². The van der Waals surface area contributed by atoms with E-state index in [0.717, 1.165) is 55.0 Å². The van der Waals surface area contributed by atoms with Crippen LogP contribution >= 0.6 is 0 Å². The number of aromatic nitrogens is 4. The SMILES string of the molecule is Cc1ccc(-n2nc(C(=O)NCc3cn4c(n3)CCCC4)c3c2CCC3)cc1. The van der Waals surface area contributed by atoms with Crippen molar-refractivity contribution in [3.05, 3.63) is 64.5 Å². The van der Waals surface area contributed by atoms with Gasteiger partial charge in [-0.05, 0) is 51.2 Å². The molecule has 1 N–H and O–H groups in total. The van der Waals surface area contributed by atoms with E-state index in [0.29, 0.717) is 12.2 Å². The number of amides is 1. The number of carbonyl (C=O) groups excluding carboxylic acids is 1. The summed E-state index contributed by atoms with van der Waals surface area (Å²) in [4.78, 5) is 17.6. The maximum absolute atomic E-state index is 12.9. The standard InChI is InChI=1S/C22H25N5O/c1-15-8-10-17(11-9-15)27-19-6-4-5-18(19)21(25-27)22(28)23-13-16-14-26-12-3-2-7-20(26)24-16/h8-11,14H,2-7,12-13H2,1H3,(H,23,28). The Hall–Kier alpha value is -2.89. The lowest BCUT2D eigenvalue weighted by atomic mass is 10.2. The predicted molar refractivity (Wildman–Crippen MR) is 107 cm³/mol. The van der Waals surface area contributed by atoms with Crippen LogP contribution in [-0.4, -0.2) is 25.2 Å². The van der Waals surface area contributed by atoms with Crippen LogP contribution in [0.5, 0.6) is 0 Å². The fourth-order valence-electron chi connectivity index (χ4n) is 4.33. The molecule has 3 heterocycles. The van der Waals surface area contributed by atoms with E-state index in [9.17, 15) is 4.79 Å². The number of fused-ring (bicyclic) bond motifs is 2. The van der Waals surface area contributed by atoms with Gasteiger partial charge in [0.15, 0.2) is 5.69 Å². The first-order chi connectivity index (χ1) is 13.7. The van der Waals surface area contributed by atoms with Crippen molar-refractivity contribution in [1.29, 1.82) is 0 Å². The lowest BCUT2D eigenvalue weighted by Gasteiger charge is -2.11. The highest BCUT2D eigenvalue weighted by Gasteiger charge is 2.27. The largest absolute Gasteiger partial charge is 0.345 e. The number of benzene rings is 1. The Labute approximate surface area is 164 Å². The second kappa shape index (κ2) is 6.93. The summed E-state index contributed by atoms with van der Waals surface area (Å²) in [6, 6.07) is 8.30. The molecule has 1 amide bonds. The summed E-state index contributed by atoms with van der Waals surface area (Å²) in [5.74, 6) is 1.04. The molecule has 1 aliphatic heterocycles. The molecule has 0 unspecified atom stereocenters. The van der Waals surface area contributed by atoms with Crippen LogP contribution in [0, 0.1) is 6.92 Å². The number of nitrogens with one attached hydrogen (secondary N) is 1. The maximum Gasteiger partial charge on any atom is 0.272 e. The van der Waals surface area contributed by atoms with Crippen molar-refractivity contribution in [2.45, 2.75) is 58.5 Å². The predicted octanol–water partition coefficient (Wildman–Crippen LogP) is 3.13. The van der Waals surface area contributed by atoms with Gasteiger partial charge >= 0.3 is 0 Å². The van der Waals surface area contributed by atoms with E-state index >= 15 is 0 Å². The zero-order chi connectivity index (χ0) is 19.1. The maximum atomic E-state index is 12.9. The third-order valence-electron chi connectivity index (χ3n) is 5.81. The minimum absolute atomic E-state index is 0.102. The molecule has 1 aromatic carbocycles. The van der Waals surface area contributed by atoms with Crippen LogP contribution in [0.4, 0.5) is 0 Å². The highest BCUT2D eigenvalue weighted by Crippen LogP contribution is 2.28. The van der Waals surface area contributed by atoms with Gasteiger partial charge < -0.3 is 9.88 Å². The van der Waals surface area contributed by atoms with Gasteiger partial charge in [0.25, 0.3) is 5.91 Å². The van der Waals surface area contributed by atoms with Crippen LogP contribution < -0.4 is 5.32 Å². The van der Waals surface area contributed by atoms with Crippen molar-refractivity contribution < 1.29 is 4.79 Å². The zero-order valence-electron chi connectivity index (χ0n) is 16.2. The normalized spacial score (nSPS) is 15.3. The minimum Gasteiger partial charge on any atom is -0.345 e. The van der Waals surface area contributed by atoms with Crippen LogP contribution in [0.2, 0.25) is 0 Å². The molecule has 0 radical (unpaired) electrons. The van der Waals surface area contributed by atoms with Gasteiger partial charge in [0.1, 0.15) is 5.82 Å². The number of carbonyl (C=O) groups is 1. The van der Waals surface area contributed by atoms with Crippen LogP contribution in [0.3, 0.4) is 0 Å². The Kier molecular flexibility index (Phi) is 4.26. The molecule has 6 nitrogen and oxygen atoms in total. The molecular weight excluding hydrogens is 350 g/mol. The van der Waals surface area contributed by atoms with E-state index < -0.39 is 0 Å². The molecule has 5 rings (SSSR count). The average molecular weight is 375 g/mol. The molecule has 0 atom stereocenters. The minimum atomic E-state index is -0.102. The number of imidazole rings is 1. The number of aryl methyl sites for hydroxylation is 3. The van der Waals surface area contributed by atoms with Crippen LogP contribution in [0.1, 0.15) is 58.1 Å². The number of nitrogens with zero attached hydrogens (tertiary/aromatic N) is 4. The summed E-state index contributed by atoms with van der Waals surface area (Å²) in [5, 5.41) is 7.73. The zero-order valence-corrected chi connectivity index (χ0v) is 16.2. The quantitative estimate of drug-likeness (QED) is 0.762. The molecular formula is C22H25N5O. The lowest BCUT2D eigenvalue weighted by Crippen LogP contribution is -2.24. The smallest absolute Gasteiger partial charge is 0.272 e. The molecule has 0 spiro atoms. The van der Waals surface area contributed by atoms with Crippen LogP contribution in [-0.2, 0) is 32.4 Å². The summed E-state index contributed by atoms with van der Waals surface area (Å²) in [7, 11) is 0. The third kappa shape index (κ3) is 3.03. The molecule has 1 aliphatic carbocycles. The number of hydrogen-bond donors (Lipinski definition) is 1. The fourth-order valence-corrected chi connectivity index (χ4v) is 4.33. The van der Waals surface area contributed by atoms with E-state index in [1.165, 1.54) is 24.1 Å². The fraction of sp³-hybridized carbons (Fsp3) is 0.409. The number of rotatable bonds is 4. The van der Waals surface area contributed by atoms with Gasteiger partial charge in [0.2, 0.25) is 0 Å². The molecule has 28 heavy (non-hydrogen) atoms. The first-order valence-corrected chi connectivity index (χ1v) is 10.2. The second-order valence-electron chi connectivity index (χ2n) is 7.86. The van der Waals surface area contributed by atoms with Crippen molar-refractivity contribution in [3.63, 3.8) is 0 Å². The van der Waals surface area contributed by atoms with Crippen LogP contribution in [0.25, 0.3) is 5.69 Å². The molecule has 3 aromatic rings. The van der Waals surface area contributed by atoms with Gasteiger partial charge in [-0.3, -0.25) is 4.79 Å². The van der Waals surface area contributed by atoms with Gasteiger partial charge in [0, 0.05) is 30.4 Å². The molecule has 0 fully saturated rings. The van der Waals surface area contributed by atoms with Gasteiger partial charge in [0.05, 0.1) is 17.9 Å². The summed E-state index contributed by atoms with van der Waals surface area (Å²) in [6.45, 7) is 3.56. The van der Waals surface area contributed by atoms with E-state index in [1.54, 1.807) is 0 Å². The summed E-state index contributed by atoms with van der Waals surface area (Å²) in [6.07, 6.45) is 8.47. The molecule has 6 heteroatoms. The van der Waals surface area contributed by atoms with Gasteiger partial charge in [-0.15, -0.1) is 0 Å². The van der Waals surface area contributed by atoms with Crippen molar-refractivity contribution in [1.82, 2.24) is 24.6 Å².